The number of hydrogen-bond donors (Lipinski definition) is 0. The van der Waals surface area contributed by atoms with Crippen molar-refractivity contribution in [3.63, 3.8) is 0 Å². The van der Waals surface area contributed by atoms with E-state index >= 15 is 0 Å². The second kappa shape index (κ2) is 36.3. The summed E-state index contributed by atoms with van der Waals surface area (Å²) in [6.45, 7) is 0. The molecular weight excluding hydrogens is 214 g/mol. The van der Waals surface area contributed by atoms with Crippen LogP contribution in [0.2, 0.25) is 0 Å². The van der Waals surface area contributed by atoms with Gasteiger partial charge in [-0.1, -0.05) is 0 Å². The molecule has 0 amide bonds. The van der Waals surface area contributed by atoms with E-state index in [1.165, 1.54) is 0 Å². The van der Waals surface area contributed by atoms with Gasteiger partial charge in [0.05, 0.1) is 0 Å². The van der Waals surface area contributed by atoms with Crippen molar-refractivity contribution in [2.45, 2.75) is 0 Å². The summed E-state index contributed by atoms with van der Waals surface area (Å²) in [4.78, 5) is 17.0. The Bertz CT molecular complexity index is 45.5. The first-order chi connectivity index (χ1) is 1.73. The molecule has 0 bridgehead atoms. The summed E-state index contributed by atoms with van der Waals surface area (Å²) in [6, 6.07) is 0. The van der Waals surface area contributed by atoms with Crippen molar-refractivity contribution in [3.05, 3.63) is 0 Å². The predicted molar refractivity (Wildman–Crippen MR) is 35.0 cm³/mol. The molecule has 0 aliphatic heterocycles. The summed E-state index contributed by atoms with van der Waals surface area (Å²) < 4.78 is 8.52. The molecule has 0 saturated carbocycles. The van der Waals surface area contributed by atoms with Crippen molar-refractivity contribution in [1.29, 1.82) is 0 Å². The molecule has 0 spiro atoms. The molecule has 10 heavy (non-hydrogen) atoms. The maximum absolute atomic E-state index is 8.52. The van der Waals surface area contributed by atoms with Crippen molar-refractivity contribution in [2.24, 2.45) is 0 Å². The molecule has 0 rings (SSSR count). The zero-order valence-corrected chi connectivity index (χ0v) is 11.0. The Morgan fingerprint density at radius 3 is 0.900 bits per heavy atom. The fourth-order valence-corrected chi connectivity index (χ4v) is 0. The molecule has 32 valence electrons. The van der Waals surface area contributed by atoms with Gasteiger partial charge in [0.15, 0.2) is 0 Å². The zero-order chi connectivity index (χ0) is 3.58. The van der Waals surface area contributed by atoms with Gasteiger partial charge in [0.25, 0.3) is 0 Å². The summed E-state index contributed by atoms with van der Waals surface area (Å²) >= 11 is 0. The molecule has 0 N–H and O–H groups in total. The third-order valence-corrected chi connectivity index (χ3v) is 0. The number of hydrogen-bond acceptors (Lipinski definition) is 3. The van der Waals surface area contributed by atoms with E-state index in [4.69, 9.17) is 14.1 Å². The van der Waals surface area contributed by atoms with E-state index in [0.717, 1.165) is 0 Å². The topological polar surface area (TPSA) is 63.2 Å². The van der Waals surface area contributed by atoms with Gasteiger partial charge in [0.1, 0.15) is 0 Å². The van der Waals surface area contributed by atoms with Gasteiger partial charge >= 0.3 is 200 Å². The van der Waals surface area contributed by atoms with Crippen molar-refractivity contribution in [1.82, 2.24) is 0 Å². The third-order valence-electron chi connectivity index (χ3n) is 0. The van der Waals surface area contributed by atoms with Crippen LogP contribution in [0.15, 0.2) is 0 Å². The van der Waals surface area contributed by atoms with Crippen LogP contribution in [0.3, 0.4) is 0 Å². The molecule has 0 aromatic rings. The minimum absolute atomic E-state index is 0. The molecule has 0 fully saturated rings. The quantitative estimate of drug-likeness (QED) is 0.379. The third kappa shape index (κ3) is 65.1. The van der Waals surface area contributed by atoms with Crippen LogP contribution in [-0.4, -0.2) is 106 Å². The molecule has 0 heterocycles. The van der Waals surface area contributed by atoms with Gasteiger partial charge in [0.2, 0.25) is 0 Å². The van der Waals surface area contributed by atoms with E-state index in [1.54, 1.807) is 0 Å². The van der Waals surface area contributed by atoms with Crippen LogP contribution >= 0.6 is 0 Å². The Morgan fingerprint density at radius 2 is 0.900 bits per heavy atom. The molecule has 0 atom stereocenters. The molecule has 0 saturated heterocycles. The van der Waals surface area contributed by atoms with Crippen LogP contribution in [0.25, 0.3) is 0 Å². The fraction of sp³-hybridized carbons (Fsp3) is 0. The van der Waals surface area contributed by atoms with Crippen molar-refractivity contribution in [3.8, 4) is 0 Å². The van der Waals surface area contributed by atoms with E-state index in [0.29, 0.717) is 0 Å². The fourth-order valence-electron chi connectivity index (χ4n) is 0. The Labute approximate surface area is 216 Å². The minimum atomic E-state index is -3.63. The summed E-state index contributed by atoms with van der Waals surface area (Å²) in [7, 11) is -3.63. The van der Waals surface area contributed by atoms with E-state index in [1.807, 2.05) is 0 Å². The van der Waals surface area contributed by atoms with Gasteiger partial charge in [-0.15, -0.1) is 0 Å². The molecule has 3 nitrogen and oxygen atoms in total. The van der Waals surface area contributed by atoms with E-state index in [9.17, 15) is 0 Å². The first-order valence-electron chi connectivity index (χ1n) is 0.612. The van der Waals surface area contributed by atoms with Crippen LogP contribution in [0.4, 0.5) is 0 Å². The Hall–Kier alpha value is 6.08. The SMILES string of the molecule is O=[Si]([O-])[O-].[K+].[K+].[LiH].[LiH].[NaH].[NaH]. The maximum atomic E-state index is 8.52. The van der Waals surface area contributed by atoms with Gasteiger partial charge in [0, 0.05) is 9.17 Å². The van der Waals surface area contributed by atoms with Gasteiger partial charge in [-0.2, -0.15) is 0 Å². The first-order valence-corrected chi connectivity index (χ1v) is 1.84. The molecule has 0 aromatic heterocycles. The van der Waals surface area contributed by atoms with Crippen LogP contribution in [0, 0.1) is 0 Å². The van der Waals surface area contributed by atoms with Crippen LogP contribution < -0.4 is 112 Å². The molecule has 0 radical (unpaired) electrons. The molecule has 0 aliphatic carbocycles. The normalized spacial score (nSPS) is 2.40. The van der Waals surface area contributed by atoms with Crippen molar-refractivity contribution < 1.29 is 117 Å². The van der Waals surface area contributed by atoms with Crippen molar-refractivity contribution >= 4 is 106 Å². The molecular formula is H4K2Li2Na2O3Si. The van der Waals surface area contributed by atoms with E-state index in [2.05, 4.69) is 0 Å². The number of rotatable bonds is 0. The summed E-state index contributed by atoms with van der Waals surface area (Å²) in [6.07, 6.45) is 0. The average molecular weight is 218 g/mol. The standard InChI is InChI=1S/2K.2Li.2Na.O3Si.4H/c;;;;;;1-4(2)3;;;;/q2*+1;;;;;-2;;;;. The average Bonchev–Trinajstić information content (AvgIpc) is 0.811. The van der Waals surface area contributed by atoms with Gasteiger partial charge < -0.3 is 14.1 Å². The molecule has 0 unspecified atom stereocenters. The van der Waals surface area contributed by atoms with Gasteiger partial charge in [-0.25, -0.2) is 0 Å². The van der Waals surface area contributed by atoms with Crippen LogP contribution in [0.5, 0.6) is 0 Å². The summed E-state index contributed by atoms with van der Waals surface area (Å²) in [5.41, 5.74) is 0. The van der Waals surface area contributed by atoms with Gasteiger partial charge in [-0.05, 0) is 0 Å². The van der Waals surface area contributed by atoms with E-state index in [-0.39, 0.29) is 200 Å². The molecule has 0 aliphatic rings. The Balaban J connectivity index is -0.00000000300. The molecule has 0 aromatic carbocycles. The molecule has 10 heteroatoms. The monoisotopic (exact) mass is 218 g/mol. The Kier molecular flexibility index (Phi) is 161. The second-order valence-electron chi connectivity index (χ2n) is 0.250. The summed E-state index contributed by atoms with van der Waals surface area (Å²) in [5, 5.41) is 0. The van der Waals surface area contributed by atoms with E-state index < -0.39 is 9.17 Å². The van der Waals surface area contributed by atoms with Crippen LogP contribution in [0.1, 0.15) is 0 Å². The predicted octanol–water partition coefficient (Wildman–Crippen LogP) is -11.5. The Morgan fingerprint density at radius 1 is 0.900 bits per heavy atom. The van der Waals surface area contributed by atoms with Gasteiger partial charge in [-0.3, -0.25) is 0 Å². The van der Waals surface area contributed by atoms with Crippen LogP contribution in [-0.2, 0) is 4.46 Å². The summed E-state index contributed by atoms with van der Waals surface area (Å²) in [5.74, 6) is 0. The zero-order valence-electron chi connectivity index (χ0n) is 3.72. The second-order valence-corrected chi connectivity index (χ2v) is 0.750. The first kappa shape index (κ1) is 44.3. The van der Waals surface area contributed by atoms with Crippen molar-refractivity contribution in [2.75, 3.05) is 0 Å².